The molecule has 1 aliphatic rings. The van der Waals surface area contributed by atoms with Crippen molar-refractivity contribution in [2.75, 3.05) is 31.9 Å². The molecular weight excluding hydrogens is 266 g/mol. The molecule has 6 nitrogen and oxygen atoms in total. The van der Waals surface area contributed by atoms with Gasteiger partial charge in [-0.3, -0.25) is 4.79 Å². The Bertz CT molecular complexity index is 400. The zero-order chi connectivity index (χ0) is 14.3. The van der Waals surface area contributed by atoms with Gasteiger partial charge in [0.1, 0.15) is 0 Å². The molecule has 1 amide bonds. The predicted molar refractivity (Wildman–Crippen MR) is 75.3 cm³/mol. The second-order valence-corrected chi connectivity index (χ2v) is 6.82. The third-order valence-electron chi connectivity index (χ3n) is 3.15. The van der Waals surface area contributed by atoms with Crippen LogP contribution < -0.4 is 10.6 Å². The molecule has 19 heavy (non-hydrogen) atoms. The first-order valence-electron chi connectivity index (χ1n) is 6.58. The summed E-state index contributed by atoms with van der Waals surface area (Å²) in [6.45, 7) is 7.04. The highest BCUT2D eigenvalue weighted by Crippen LogP contribution is 2.14. The van der Waals surface area contributed by atoms with Crippen LogP contribution in [0.2, 0.25) is 0 Å². The summed E-state index contributed by atoms with van der Waals surface area (Å²) in [5.74, 6) is 0.0776. The fourth-order valence-corrected chi connectivity index (χ4v) is 3.16. The average Bonchev–Trinajstić information content (AvgIpc) is 2.39. The molecule has 0 aromatic heterocycles. The minimum Gasteiger partial charge on any atom is -0.352 e. The summed E-state index contributed by atoms with van der Waals surface area (Å²) in [5, 5.41) is 5.84. The molecule has 0 unspecified atom stereocenters. The number of hydrogen-bond acceptors (Lipinski definition) is 4. The van der Waals surface area contributed by atoms with Crippen molar-refractivity contribution < 1.29 is 13.2 Å². The average molecular weight is 289 g/mol. The van der Waals surface area contributed by atoms with Gasteiger partial charge >= 0.3 is 0 Å². The number of hydrogen-bond donors (Lipinski definition) is 2. The lowest BCUT2D eigenvalue weighted by molar-refractivity contribution is -0.121. The van der Waals surface area contributed by atoms with Gasteiger partial charge in [0.25, 0.3) is 0 Å². The monoisotopic (exact) mass is 289 g/mol. The van der Waals surface area contributed by atoms with Crippen LogP contribution in [0, 0.1) is 0 Å². The van der Waals surface area contributed by atoms with Crippen molar-refractivity contribution in [2.24, 2.45) is 0 Å². The SMILES string of the molecule is C=CCNCC(=O)NC1CCN(S(=O)(=O)CC)CC1. The smallest absolute Gasteiger partial charge is 0.234 e. The van der Waals surface area contributed by atoms with Gasteiger partial charge in [0.05, 0.1) is 12.3 Å². The minimum absolute atomic E-state index is 0.0568. The summed E-state index contributed by atoms with van der Waals surface area (Å²) < 4.78 is 24.9. The fraction of sp³-hybridized carbons (Fsp3) is 0.750. The Balaban J connectivity index is 2.30. The van der Waals surface area contributed by atoms with Gasteiger partial charge in [0.15, 0.2) is 0 Å². The Morgan fingerprint density at radius 3 is 2.58 bits per heavy atom. The van der Waals surface area contributed by atoms with E-state index in [1.54, 1.807) is 13.0 Å². The highest BCUT2D eigenvalue weighted by molar-refractivity contribution is 7.89. The fourth-order valence-electron chi connectivity index (χ4n) is 2.03. The molecule has 0 atom stereocenters. The van der Waals surface area contributed by atoms with Crippen molar-refractivity contribution in [2.45, 2.75) is 25.8 Å². The molecule has 1 aliphatic heterocycles. The molecule has 0 radical (unpaired) electrons. The lowest BCUT2D eigenvalue weighted by Crippen LogP contribution is -2.48. The van der Waals surface area contributed by atoms with Gasteiger partial charge in [-0.15, -0.1) is 6.58 Å². The number of carbonyl (C=O) groups is 1. The van der Waals surface area contributed by atoms with E-state index >= 15 is 0 Å². The summed E-state index contributed by atoms with van der Waals surface area (Å²) >= 11 is 0. The maximum absolute atomic E-state index is 11.7. The number of nitrogens with one attached hydrogen (secondary N) is 2. The van der Waals surface area contributed by atoms with E-state index in [-0.39, 0.29) is 24.2 Å². The van der Waals surface area contributed by atoms with Crippen LogP contribution in [0.3, 0.4) is 0 Å². The van der Waals surface area contributed by atoms with Crippen LogP contribution in [-0.2, 0) is 14.8 Å². The molecular formula is C12H23N3O3S. The summed E-state index contributed by atoms with van der Waals surface area (Å²) in [7, 11) is -3.09. The van der Waals surface area contributed by atoms with Gasteiger partial charge in [-0.1, -0.05) is 6.08 Å². The zero-order valence-electron chi connectivity index (χ0n) is 11.4. The van der Waals surface area contributed by atoms with Crippen LogP contribution in [0.25, 0.3) is 0 Å². The van der Waals surface area contributed by atoms with Crippen LogP contribution in [0.15, 0.2) is 12.7 Å². The molecule has 1 rings (SSSR count). The molecule has 7 heteroatoms. The van der Waals surface area contributed by atoms with Gasteiger partial charge in [-0.05, 0) is 19.8 Å². The first kappa shape index (κ1) is 16.1. The number of rotatable bonds is 7. The van der Waals surface area contributed by atoms with Crippen LogP contribution >= 0.6 is 0 Å². The predicted octanol–water partition coefficient (Wildman–Crippen LogP) is -0.308. The number of carbonyl (C=O) groups excluding carboxylic acids is 1. The summed E-state index contributed by atoms with van der Waals surface area (Å²) in [6, 6.07) is 0.0707. The first-order chi connectivity index (χ1) is 8.99. The Labute approximate surface area is 115 Å². The number of sulfonamides is 1. The quantitative estimate of drug-likeness (QED) is 0.498. The van der Waals surface area contributed by atoms with Gasteiger partial charge < -0.3 is 10.6 Å². The van der Waals surface area contributed by atoms with E-state index in [1.165, 1.54) is 4.31 Å². The molecule has 1 heterocycles. The molecule has 110 valence electrons. The number of nitrogens with zero attached hydrogens (tertiary/aromatic N) is 1. The second-order valence-electron chi connectivity index (χ2n) is 4.56. The van der Waals surface area contributed by atoms with Gasteiger partial charge in [0.2, 0.25) is 15.9 Å². The molecule has 0 aliphatic carbocycles. The van der Waals surface area contributed by atoms with E-state index in [1.807, 2.05) is 0 Å². The van der Waals surface area contributed by atoms with E-state index in [4.69, 9.17) is 0 Å². The van der Waals surface area contributed by atoms with Crippen molar-refractivity contribution >= 4 is 15.9 Å². The summed E-state index contributed by atoms with van der Waals surface area (Å²) in [4.78, 5) is 11.6. The lowest BCUT2D eigenvalue weighted by Gasteiger charge is -2.31. The van der Waals surface area contributed by atoms with Crippen LogP contribution in [-0.4, -0.2) is 56.6 Å². The molecule has 1 fully saturated rings. The van der Waals surface area contributed by atoms with Crippen molar-refractivity contribution in [1.82, 2.24) is 14.9 Å². The Hall–Kier alpha value is -0.920. The molecule has 0 aromatic rings. The van der Waals surface area contributed by atoms with E-state index in [2.05, 4.69) is 17.2 Å². The second kappa shape index (κ2) is 7.62. The molecule has 2 N–H and O–H groups in total. The lowest BCUT2D eigenvalue weighted by atomic mass is 10.1. The Kier molecular flexibility index (Phi) is 6.47. The topological polar surface area (TPSA) is 78.5 Å². The summed E-state index contributed by atoms with van der Waals surface area (Å²) in [5.41, 5.74) is 0. The van der Waals surface area contributed by atoms with Gasteiger partial charge in [-0.2, -0.15) is 0 Å². The Morgan fingerprint density at radius 2 is 2.05 bits per heavy atom. The zero-order valence-corrected chi connectivity index (χ0v) is 12.2. The van der Waals surface area contributed by atoms with Crippen LogP contribution in [0.4, 0.5) is 0 Å². The van der Waals surface area contributed by atoms with Crippen molar-refractivity contribution in [3.63, 3.8) is 0 Å². The largest absolute Gasteiger partial charge is 0.352 e. The minimum atomic E-state index is -3.09. The maximum Gasteiger partial charge on any atom is 0.234 e. The van der Waals surface area contributed by atoms with E-state index in [0.717, 1.165) is 0 Å². The van der Waals surface area contributed by atoms with Crippen LogP contribution in [0.1, 0.15) is 19.8 Å². The Morgan fingerprint density at radius 1 is 1.42 bits per heavy atom. The van der Waals surface area contributed by atoms with Crippen molar-refractivity contribution in [3.05, 3.63) is 12.7 Å². The molecule has 0 saturated carbocycles. The molecule has 0 aromatic carbocycles. The van der Waals surface area contributed by atoms with Crippen LogP contribution in [0.5, 0.6) is 0 Å². The van der Waals surface area contributed by atoms with Gasteiger partial charge in [0, 0.05) is 25.7 Å². The van der Waals surface area contributed by atoms with E-state index in [0.29, 0.717) is 32.5 Å². The van der Waals surface area contributed by atoms with Crippen molar-refractivity contribution in [3.8, 4) is 0 Å². The standard InChI is InChI=1S/C12H23N3O3S/c1-3-7-13-10-12(16)14-11-5-8-15(9-6-11)19(17,18)4-2/h3,11,13H,1,4-10H2,2H3,(H,14,16). The number of piperidine rings is 1. The molecule has 0 spiro atoms. The molecule has 1 saturated heterocycles. The maximum atomic E-state index is 11.7. The normalized spacial score (nSPS) is 18.2. The third-order valence-corrected chi connectivity index (χ3v) is 5.03. The summed E-state index contributed by atoms with van der Waals surface area (Å²) in [6.07, 6.45) is 3.04. The highest BCUT2D eigenvalue weighted by atomic mass is 32.2. The third kappa shape index (κ3) is 5.30. The highest BCUT2D eigenvalue weighted by Gasteiger charge is 2.27. The van der Waals surface area contributed by atoms with Gasteiger partial charge in [-0.25, -0.2) is 12.7 Å². The van der Waals surface area contributed by atoms with Crippen molar-refractivity contribution in [1.29, 1.82) is 0 Å². The van der Waals surface area contributed by atoms with E-state index in [9.17, 15) is 13.2 Å². The van der Waals surface area contributed by atoms with E-state index < -0.39 is 10.0 Å². The molecule has 0 bridgehead atoms. The number of amides is 1. The first-order valence-corrected chi connectivity index (χ1v) is 8.19.